The monoisotopic (exact) mass is 327 g/mol. The van der Waals surface area contributed by atoms with E-state index >= 15 is 0 Å². The maximum Gasteiger partial charge on any atom is 0.340 e. The van der Waals surface area contributed by atoms with Crippen LogP contribution in [0.15, 0.2) is 24.3 Å². The molecule has 1 aromatic carbocycles. The zero-order chi connectivity index (χ0) is 17.3. The van der Waals surface area contributed by atoms with Crippen LogP contribution in [-0.2, 0) is 9.53 Å². The average Bonchev–Trinajstić information content (AvgIpc) is 2.98. The summed E-state index contributed by atoms with van der Waals surface area (Å²) >= 11 is 0. The van der Waals surface area contributed by atoms with Gasteiger partial charge >= 0.3 is 12.0 Å². The van der Waals surface area contributed by atoms with Crippen LogP contribution in [0.1, 0.15) is 21.6 Å². The van der Waals surface area contributed by atoms with Crippen molar-refractivity contribution in [1.29, 1.82) is 0 Å². The number of urea groups is 1. The van der Waals surface area contributed by atoms with Gasteiger partial charge in [0.1, 0.15) is 0 Å². The Bertz CT molecular complexity index is 847. The van der Waals surface area contributed by atoms with Crippen LogP contribution in [0.25, 0.3) is 10.9 Å². The fraction of sp³-hybridized carbons (Fsp3) is 0.294. The van der Waals surface area contributed by atoms with E-state index in [9.17, 15) is 14.4 Å². The number of imide groups is 1. The predicted octanol–water partition coefficient (Wildman–Crippen LogP) is 1.56. The number of rotatable bonds is 3. The minimum Gasteiger partial charge on any atom is -0.452 e. The molecule has 0 radical (unpaired) electrons. The molecule has 3 rings (SSSR count). The van der Waals surface area contributed by atoms with Crippen molar-refractivity contribution in [2.45, 2.75) is 13.8 Å². The maximum absolute atomic E-state index is 12.3. The van der Waals surface area contributed by atoms with E-state index < -0.39 is 24.5 Å². The first-order chi connectivity index (χ1) is 11.5. The van der Waals surface area contributed by atoms with Gasteiger partial charge in [0.05, 0.1) is 16.8 Å². The van der Waals surface area contributed by atoms with E-state index in [1.807, 2.05) is 25.1 Å². The number of fused-ring (bicyclic) bond motifs is 1. The molecule has 124 valence electrons. The molecule has 2 aromatic rings. The van der Waals surface area contributed by atoms with Gasteiger partial charge in [0.25, 0.3) is 5.91 Å². The van der Waals surface area contributed by atoms with E-state index in [1.165, 1.54) is 0 Å². The van der Waals surface area contributed by atoms with E-state index in [-0.39, 0.29) is 6.54 Å². The summed E-state index contributed by atoms with van der Waals surface area (Å²) in [6, 6.07) is 7.02. The van der Waals surface area contributed by atoms with Crippen molar-refractivity contribution >= 4 is 28.8 Å². The molecule has 2 heterocycles. The first kappa shape index (κ1) is 15.9. The van der Waals surface area contributed by atoms with Crippen LogP contribution in [0.4, 0.5) is 4.79 Å². The fourth-order valence-corrected chi connectivity index (χ4v) is 2.59. The smallest absolute Gasteiger partial charge is 0.340 e. The van der Waals surface area contributed by atoms with E-state index in [1.54, 1.807) is 13.0 Å². The van der Waals surface area contributed by atoms with Crippen LogP contribution in [0, 0.1) is 13.8 Å². The highest BCUT2D eigenvalue weighted by atomic mass is 16.5. The van der Waals surface area contributed by atoms with Crippen molar-refractivity contribution in [3.8, 4) is 0 Å². The van der Waals surface area contributed by atoms with Crippen molar-refractivity contribution < 1.29 is 19.1 Å². The van der Waals surface area contributed by atoms with E-state index in [0.29, 0.717) is 17.8 Å². The zero-order valence-electron chi connectivity index (χ0n) is 13.5. The number of ether oxygens (including phenoxy) is 1. The van der Waals surface area contributed by atoms with Crippen LogP contribution < -0.4 is 5.32 Å². The molecule has 0 aliphatic carbocycles. The third kappa shape index (κ3) is 3.05. The minimum absolute atomic E-state index is 0.283. The molecule has 1 fully saturated rings. The first-order valence-electron chi connectivity index (χ1n) is 7.59. The van der Waals surface area contributed by atoms with Crippen LogP contribution in [-0.4, -0.2) is 47.5 Å². The number of hydrogen-bond donors (Lipinski definition) is 1. The number of nitrogens with one attached hydrogen (secondary N) is 1. The number of hydrogen-bond acceptors (Lipinski definition) is 5. The lowest BCUT2D eigenvalue weighted by Crippen LogP contribution is -2.37. The predicted molar refractivity (Wildman–Crippen MR) is 86.6 cm³/mol. The third-order valence-electron chi connectivity index (χ3n) is 3.87. The van der Waals surface area contributed by atoms with E-state index in [4.69, 9.17) is 4.74 Å². The number of aryl methyl sites for hydroxylation is 2. The summed E-state index contributed by atoms with van der Waals surface area (Å²) < 4.78 is 5.06. The number of aromatic nitrogens is 1. The number of pyridine rings is 1. The van der Waals surface area contributed by atoms with Crippen LogP contribution in [0.2, 0.25) is 0 Å². The lowest BCUT2D eigenvalue weighted by atomic mass is 10.1. The Labute approximate surface area is 138 Å². The van der Waals surface area contributed by atoms with Gasteiger partial charge in [-0.3, -0.25) is 14.7 Å². The van der Waals surface area contributed by atoms with Crippen molar-refractivity contribution in [1.82, 2.24) is 15.2 Å². The molecule has 0 spiro atoms. The molecule has 7 heteroatoms. The van der Waals surface area contributed by atoms with Crippen LogP contribution >= 0.6 is 0 Å². The van der Waals surface area contributed by atoms with Crippen molar-refractivity contribution in [2.24, 2.45) is 0 Å². The SMILES string of the molecule is Cc1ccc2nc(C)c(C(=O)OCC(=O)N3CCNC3=O)cc2c1. The molecule has 7 nitrogen and oxygen atoms in total. The Hall–Kier alpha value is -2.96. The molecule has 3 amide bonds. The number of carbonyl (C=O) groups is 3. The minimum atomic E-state index is -0.628. The Morgan fingerprint density at radius 1 is 1.29 bits per heavy atom. The van der Waals surface area contributed by atoms with Gasteiger partial charge in [-0.15, -0.1) is 0 Å². The van der Waals surface area contributed by atoms with E-state index in [0.717, 1.165) is 21.4 Å². The summed E-state index contributed by atoms with van der Waals surface area (Å²) in [5.74, 6) is -1.17. The average molecular weight is 327 g/mol. The highest BCUT2D eigenvalue weighted by Crippen LogP contribution is 2.18. The molecule has 0 atom stereocenters. The zero-order valence-corrected chi connectivity index (χ0v) is 13.5. The normalized spacial score (nSPS) is 13.9. The second-order valence-electron chi connectivity index (χ2n) is 5.67. The number of amides is 3. The van der Waals surface area contributed by atoms with Crippen molar-refractivity contribution in [2.75, 3.05) is 19.7 Å². The maximum atomic E-state index is 12.3. The molecule has 0 bridgehead atoms. The second-order valence-corrected chi connectivity index (χ2v) is 5.67. The quantitative estimate of drug-likeness (QED) is 0.864. The Kier molecular flexibility index (Phi) is 4.16. The summed E-state index contributed by atoms with van der Waals surface area (Å²) in [5, 5.41) is 3.35. The Balaban J connectivity index is 1.75. The Morgan fingerprint density at radius 2 is 2.08 bits per heavy atom. The molecule has 1 saturated heterocycles. The molecule has 0 unspecified atom stereocenters. The van der Waals surface area contributed by atoms with Gasteiger partial charge in [0, 0.05) is 18.5 Å². The standard InChI is InChI=1S/C17H17N3O4/c1-10-3-4-14-12(7-10)8-13(11(2)19-14)16(22)24-9-15(21)20-6-5-18-17(20)23/h3-4,7-8H,5-6,9H2,1-2H3,(H,18,23). The number of carbonyl (C=O) groups excluding carboxylic acids is 3. The lowest BCUT2D eigenvalue weighted by Gasteiger charge is -2.13. The van der Waals surface area contributed by atoms with Gasteiger partial charge in [0.15, 0.2) is 6.61 Å². The highest BCUT2D eigenvalue weighted by molar-refractivity contribution is 5.99. The van der Waals surface area contributed by atoms with Crippen molar-refractivity contribution in [3.05, 3.63) is 41.1 Å². The summed E-state index contributed by atoms with van der Waals surface area (Å²) in [6.45, 7) is 3.89. The Morgan fingerprint density at radius 3 is 2.79 bits per heavy atom. The largest absolute Gasteiger partial charge is 0.452 e. The molecule has 1 aliphatic rings. The molecular formula is C17H17N3O4. The third-order valence-corrected chi connectivity index (χ3v) is 3.87. The molecule has 1 N–H and O–H groups in total. The molecule has 0 saturated carbocycles. The molecular weight excluding hydrogens is 310 g/mol. The summed E-state index contributed by atoms with van der Waals surface area (Å²) in [4.78, 5) is 41.0. The van der Waals surface area contributed by atoms with Crippen LogP contribution in [0.3, 0.4) is 0 Å². The summed E-state index contributed by atoms with van der Waals surface area (Å²) in [5.41, 5.74) is 2.69. The fourth-order valence-electron chi connectivity index (χ4n) is 2.59. The number of nitrogens with zero attached hydrogens (tertiary/aromatic N) is 2. The van der Waals surface area contributed by atoms with Crippen molar-refractivity contribution in [3.63, 3.8) is 0 Å². The van der Waals surface area contributed by atoms with Gasteiger partial charge in [0.2, 0.25) is 0 Å². The highest BCUT2D eigenvalue weighted by Gasteiger charge is 2.27. The summed E-state index contributed by atoms with van der Waals surface area (Å²) in [7, 11) is 0. The van der Waals surface area contributed by atoms with Gasteiger partial charge in [-0.05, 0) is 32.0 Å². The van der Waals surface area contributed by atoms with Gasteiger partial charge in [-0.2, -0.15) is 0 Å². The number of esters is 1. The molecule has 1 aromatic heterocycles. The molecule has 1 aliphatic heterocycles. The van der Waals surface area contributed by atoms with Gasteiger partial charge in [-0.1, -0.05) is 11.6 Å². The summed E-state index contributed by atoms with van der Waals surface area (Å²) in [6.07, 6.45) is 0. The van der Waals surface area contributed by atoms with Gasteiger partial charge < -0.3 is 10.1 Å². The van der Waals surface area contributed by atoms with Gasteiger partial charge in [-0.25, -0.2) is 9.59 Å². The molecule has 24 heavy (non-hydrogen) atoms. The first-order valence-corrected chi connectivity index (χ1v) is 7.59. The topological polar surface area (TPSA) is 88.6 Å². The van der Waals surface area contributed by atoms with Crippen LogP contribution in [0.5, 0.6) is 0 Å². The second kappa shape index (κ2) is 6.27. The van der Waals surface area contributed by atoms with E-state index in [2.05, 4.69) is 10.3 Å². The number of benzene rings is 1. The lowest BCUT2D eigenvalue weighted by molar-refractivity contribution is -0.130.